The second-order valence-electron chi connectivity index (χ2n) is 5.11. The van der Waals surface area contributed by atoms with Crippen molar-refractivity contribution in [1.82, 2.24) is 9.88 Å². The molecule has 0 saturated carbocycles. The van der Waals surface area contributed by atoms with E-state index in [4.69, 9.17) is 14.2 Å². The maximum Gasteiger partial charge on any atom is 0.273 e. The topological polar surface area (TPSA) is 60.9 Å². The summed E-state index contributed by atoms with van der Waals surface area (Å²) in [6.45, 7) is 2.20. The molecular weight excluding hydrogens is 316 g/mol. The molecular formula is C16H18N2O4S. The molecule has 7 heteroatoms. The zero-order valence-electron chi connectivity index (χ0n) is 12.8. The summed E-state index contributed by atoms with van der Waals surface area (Å²) >= 11 is 1.46. The van der Waals surface area contributed by atoms with Crippen LogP contribution < -0.4 is 9.47 Å². The van der Waals surface area contributed by atoms with Crippen LogP contribution in [0.2, 0.25) is 0 Å². The first-order chi connectivity index (χ1) is 11.3. The number of thiazole rings is 1. The van der Waals surface area contributed by atoms with Crippen LogP contribution in [0.4, 0.5) is 0 Å². The van der Waals surface area contributed by atoms with E-state index in [1.807, 2.05) is 5.38 Å². The van der Waals surface area contributed by atoms with E-state index in [9.17, 15) is 4.79 Å². The standard InChI is InChI=1S/C16H18N2O4S/c1-20-7-8-21-13-4-2-12(3-5-13)15(19)18-10-14(11-18)22-16-17-6-9-23-16/h2-6,9,14H,7-8,10-11H2,1H3. The lowest BCUT2D eigenvalue weighted by atomic mass is 10.1. The maximum absolute atomic E-state index is 12.3. The molecule has 0 bridgehead atoms. The molecule has 1 amide bonds. The number of nitrogens with zero attached hydrogens (tertiary/aromatic N) is 2. The molecule has 0 N–H and O–H groups in total. The highest BCUT2D eigenvalue weighted by atomic mass is 32.1. The fourth-order valence-corrected chi connectivity index (χ4v) is 2.76. The van der Waals surface area contributed by atoms with Crippen molar-refractivity contribution in [2.45, 2.75) is 6.10 Å². The monoisotopic (exact) mass is 334 g/mol. The van der Waals surface area contributed by atoms with Crippen LogP contribution in [-0.4, -0.2) is 55.3 Å². The number of rotatable bonds is 7. The minimum Gasteiger partial charge on any atom is -0.491 e. The third-order valence-corrected chi connectivity index (χ3v) is 4.13. The zero-order chi connectivity index (χ0) is 16.1. The van der Waals surface area contributed by atoms with Crippen LogP contribution in [0, 0.1) is 0 Å². The molecule has 1 saturated heterocycles. The molecule has 1 aromatic carbocycles. The Labute approximate surface area is 138 Å². The van der Waals surface area contributed by atoms with Crippen LogP contribution >= 0.6 is 11.3 Å². The summed E-state index contributed by atoms with van der Waals surface area (Å²) in [5.74, 6) is 0.736. The van der Waals surface area contributed by atoms with E-state index in [0.29, 0.717) is 37.1 Å². The first-order valence-corrected chi connectivity index (χ1v) is 8.21. The lowest BCUT2D eigenvalue weighted by Gasteiger charge is -2.38. The van der Waals surface area contributed by atoms with Gasteiger partial charge in [-0.3, -0.25) is 4.79 Å². The van der Waals surface area contributed by atoms with Gasteiger partial charge >= 0.3 is 0 Å². The molecule has 1 fully saturated rings. The summed E-state index contributed by atoms with van der Waals surface area (Å²) in [5.41, 5.74) is 0.650. The molecule has 0 atom stereocenters. The largest absolute Gasteiger partial charge is 0.491 e. The van der Waals surface area contributed by atoms with Crippen LogP contribution in [0.3, 0.4) is 0 Å². The van der Waals surface area contributed by atoms with E-state index in [-0.39, 0.29) is 12.0 Å². The van der Waals surface area contributed by atoms with Crippen LogP contribution in [0.15, 0.2) is 35.8 Å². The van der Waals surface area contributed by atoms with Gasteiger partial charge in [0.2, 0.25) is 0 Å². The minimum absolute atomic E-state index is 0.00688. The van der Waals surface area contributed by atoms with Gasteiger partial charge in [-0.05, 0) is 24.3 Å². The Morgan fingerprint density at radius 3 is 2.74 bits per heavy atom. The lowest BCUT2D eigenvalue weighted by Crippen LogP contribution is -2.56. The van der Waals surface area contributed by atoms with E-state index >= 15 is 0 Å². The van der Waals surface area contributed by atoms with Crippen molar-refractivity contribution in [2.75, 3.05) is 33.4 Å². The van der Waals surface area contributed by atoms with Crippen molar-refractivity contribution >= 4 is 17.2 Å². The molecule has 1 aliphatic rings. The normalized spacial score (nSPS) is 14.4. The van der Waals surface area contributed by atoms with Crippen molar-refractivity contribution in [2.24, 2.45) is 0 Å². The van der Waals surface area contributed by atoms with Gasteiger partial charge in [0.05, 0.1) is 19.7 Å². The molecule has 2 heterocycles. The quantitative estimate of drug-likeness (QED) is 0.726. The Balaban J connectivity index is 1.47. The number of hydrogen-bond donors (Lipinski definition) is 0. The van der Waals surface area contributed by atoms with Crippen molar-refractivity contribution in [3.63, 3.8) is 0 Å². The summed E-state index contributed by atoms with van der Waals surface area (Å²) in [7, 11) is 1.63. The van der Waals surface area contributed by atoms with E-state index < -0.39 is 0 Å². The molecule has 1 aliphatic heterocycles. The van der Waals surface area contributed by atoms with Gasteiger partial charge in [0.1, 0.15) is 18.5 Å². The van der Waals surface area contributed by atoms with E-state index in [1.54, 1.807) is 42.5 Å². The Morgan fingerprint density at radius 2 is 2.09 bits per heavy atom. The number of carbonyl (C=O) groups is 1. The second kappa shape index (κ2) is 7.43. The molecule has 1 aromatic heterocycles. The van der Waals surface area contributed by atoms with Crippen LogP contribution in [-0.2, 0) is 4.74 Å². The highest BCUT2D eigenvalue weighted by Crippen LogP contribution is 2.22. The van der Waals surface area contributed by atoms with Crippen molar-refractivity contribution in [1.29, 1.82) is 0 Å². The predicted octanol–water partition coefficient (Wildman–Crippen LogP) is 2.07. The number of likely N-dealkylation sites (tertiary alicyclic amines) is 1. The number of methoxy groups -OCH3 is 1. The highest BCUT2D eigenvalue weighted by Gasteiger charge is 2.33. The summed E-state index contributed by atoms with van der Waals surface area (Å²) in [6, 6.07) is 7.15. The molecule has 122 valence electrons. The van der Waals surface area contributed by atoms with Gasteiger partial charge in [-0.15, -0.1) is 0 Å². The van der Waals surface area contributed by atoms with Crippen LogP contribution in [0.1, 0.15) is 10.4 Å². The summed E-state index contributed by atoms with van der Waals surface area (Å²) in [5, 5.41) is 2.52. The molecule has 0 aliphatic carbocycles. The van der Waals surface area contributed by atoms with Crippen molar-refractivity contribution < 1.29 is 19.0 Å². The summed E-state index contributed by atoms with van der Waals surface area (Å²) in [4.78, 5) is 18.2. The fraction of sp³-hybridized carbons (Fsp3) is 0.375. The Morgan fingerprint density at radius 1 is 1.30 bits per heavy atom. The van der Waals surface area contributed by atoms with Crippen LogP contribution in [0.25, 0.3) is 0 Å². The third-order valence-electron chi connectivity index (χ3n) is 3.47. The number of benzene rings is 1. The Kier molecular flexibility index (Phi) is 5.09. The average molecular weight is 334 g/mol. The zero-order valence-corrected chi connectivity index (χ0v) is 13.6. The van der Waals surface area contributed by atoms with Gasteiger partial charge in [0.15, 0.2) is 0 Å². The molecule has 23 heavy (non-hydrogen) atoms. The Bertz CT molecular complexity index is 624. The minimum atomic E-state index is 0.00688. The van der Waals surface area contributed by atoms with Gasteiger partial charge in [-0.25, -0.2) is 4.98 Å². The van der Waals surface area contributed by atoms with Crippen molar-refractivity contribution in [3.05, 3.63) is 41.4 Å². The number of amides is 1. The van der Waals surface area contributed by atoms with Crippen LogP contribution in [0.5, 0.6) is 10.9 Å². The SMILES string of the molecule is COCCOc1ccc(C(=O)N2CC(Oc3nccs3)C2)cc1. The third kappa shape index (κ3) is 4.00. The maximum atomic E-state index is 12.3. The first-order valence-electron chi connectivity index (χ1n) is 7.33. The molecule has 2 aromatic rings. The number of aromatic nitrogens is 1. The fourth-order valence-electron chi connectivity index (χ4n) is 2.21. The molecule has 3 rings (SSSR count). The lowest BCUT2D eigenvalue weighted by molar-refractivity contribution is 0.0177. The molecule has 0 spiro atoms. The average Bonchev–Trinajstić information content (AvgIpc) is 3.04. The Hall–Kier alpha value is -2.12. The number of carbonyl (C=O) groups excluding carboxylic acids is 1. The summed E-state index contributed by atoms with van der Waals surface area (Å²) < 4.78 is 16.1. The molecule has 6 nitrogen and oxygen atoms in total. The number of ether oxygens (including phenoxy) is 3. The van der Waals surface area contributed by atoms with Gasteiger partial charge in [-0.2, -0.15) is 0 Å². The molecule has 0 radical (unpaired) electrons. The highest BCUT2D eigenvalue weighted by molar-refractivity contribution is 7.11. The van der Waals surface area contributed by atoms with E-state index in [1.165, 1.54) is 11.3 Å². The van der Waals surface area contributed by atoms with Gasteiger partial charge < -0.3 is 19.1 Å². The van der Waals surface area contributed by atoms with E-state index in [0.717, 1.165) is 5.75 Å². The van der Waals surface area contributed by atoms with Gasteiger partial charge in [0, 0.05) is 24.3 Å². The number of hydrogen-bond acceptors (Lipinski definition) is 6. The molecule has 0 unspecified atom stereocenters. The van der Waals surface area contributed by atoms with E-state index in [2.05, 4.69) is 4.98 Å². The van der Waals surface area contributed by atoms with Gasteiger partial charge in [0.25, 0.3) is 11.1 Å². The van der Waals surface area contributed by atoms with Gasteiger partial charge in [-0.1, -0.05) is 11.3 Å². The summed E-state index contributed by atoms with van der Waals surface area (Å²) in [6.07, 6.45) is 1.74. The smallest absolute Gasteiger partial charge is 0.273 e. The second-order valence-corrected chi connectivity index (χ2v) is 5.97. The predicted molar refractivity (Wildman–Crippen MR) is 86.2 cm³/mol. The first kappa shape index (κ1) is 15.8. The van der Waals surface area contributed by atoms with Crippen molar-refractivity contribution in [3.8, 4) is 10.9 Å².